The molecule has 20 heavy (non-hydrogen) atoms. The zero-order chi connectivity index (χ0) is 15.0. The maximum absolute atomic E-state index is 10.8. The predicted octanol–water partition coefficient (Wildman–Crippen LogP) is 2.49. The number of ether oxygens (including phenoxy) is 1. The summed E-state index contributed by atoms with van der Waals surface area (Å²) >= 11 is 1.27. The van der Waals surface area contributed by atoms with Gasteiger partial charge in [-0.1, -0.05) is 32.5 Å². The molecule has 0 aliphatic carbocycles. The van der Waals surface area contributed by atoms with Gasteiger partial charge in [-0.25, -0.2) is 4.98 Å². The molecular formula is C14H22N2O3S. The maximum atomic E-state index is 10.8. The molecular weight excluding hydrogens is 276 g/mol. The summed E-state index contributed by atoms with van der Waals surface area (Å²) < 4.78 is 7.75. The molecule has 6 heteroatoms. The number of thioether (sulfide) groups is 1. The quantitative estimate of drug-likeness (QED) is 0.865. The third-order valence-electron chi connectivity index (χ3n) is 3.56. The van der Waals surface area contributed by atoms with Crippen LogP contribution >= 0.6 is 11.8 Å². The van der Waals surface area contributed by atoms with Crippen molar-refractivity contribution in [2.75, 3.05) is 19.0 Å². The molecule has 1 aromatic heterocycles. The summed E-state index contributed by atoms with van der Waals surface area (Å²) in [5, 5.41) is 9.65. The number of hydrogen-bond acceptors (Lipinski definition) is 4. The Morgan fingerprint density at radius 3 is 2.80 bits per heavy atom. The summed E-state index contributed by atoms with van der Waals surface area (Å²) in [5.41, 5.74) is 0.944. The number of carbonyl (C=O) groups is 1. The Balaban J connectivity index is 2.43. The van der Waals surface area contributed by atoms with E-state index in [0.29, 0.717) is 6.61 Å². The largest absolute Gasteiger partial charge is 0.481 e. The van der Waals surface area contributed by atoms with E-state index < -0.39 is 5.97 Å². The predicted molar refractivity (Wildman–Crippen MR) is 78.4 cm³/mol. The molecule has 5 nitrogen and oxygen atoms in total. The van der Waals surface area contributed by atoms with Gasteiger partial charge in [-0.15, -0.1) is 0 Å². The monoisotopic (exact) mass is 298 g/mol. The Kier molecular flexibility index (Phi) is 4.16. The fourth-order valence-electron chi connectivity index (χ4n) is 2.45. The Morgan fingerprint density at radius 1 is 1.60 bits per heavy atom. The van der Waals surface area contributed by atoms with Gasteiger partial charge in [-0.3, -0.25) is 4.79 Å². The Labute approximate surface area is 123 Å². The Bertz CT molecular complexity index is 499. The van der Waals surface area contributed by atoms with Crippen molar-refractivity contribution in [3.63, 3.8) is 0 Å². The molecule has 0 bridgehead atoms. The Hall–Kier alpha value is -1.01. The van der Waals surface area contributed by atoms with Crippen molar-refractivity contribution in [2.24, 2.45) is 0 Å². The van der Waals surface area contributed by atoms with Crippen LogP contribution < -0.4 is 0 Å². The molecule has 1 unspecified atom stereocenters. The van der Waals surface area contributed by atoms with Crippen LogP contribution in [0.15, 0.2) is 11.4 Å². The van der Waals surface area contributed by atoms with E-state index in [0.717, 1.165) is 23.9 Å². The van der Waals surface area contributed by atoms with Crippen LogP contribution in [0.4, 0.5) is 0 Å². The van der Waals surface area contributed by atoms with Gasteiger partial charge < -0.3 is 14.4 Å². The smallest absolute Gasteiger partial charge is 0.313 e. The zero-order valence-corrected chi connectivity index (χ0v) is 13.3. The third-order valence-corrected chi connectivity index (χ3v) is 4.50. The SMILES string of the molecule is CC(C)(C)c1cnc(SCC(=O)O)n1C1(C)CCOC1. The van der Waals surface area contributed by atoms with E-state index in [4.69, 9.17) is 9.84 Å². The first-order chi connectivity index (χ1) is 9.24. The first kappa shape index (κ1) is 15.4. The molecule has 1 aromatic rings. The first-order valence-electron chi connectivity index (χ1n) is 6.75. The first-order valence-corrected chi connectivity index (χ1v) is 7.74. The van der Waals surface area contributed by atoms with Gasteiger partial charge in [0.1, 0.15) is 0 Å². The van der Waals surface area contributed by atoms with Gasteiger partial charge in [0.15, 0.2) is 5.16 Å². The lowest BCUT2D eigenvalue weighted by molar-refractivity contribution is -0.133. The van der Waals surface area contributed by atoms with Crippen LogP contribution in [0.2, 0.25) is 0 Å². The summed E-state index contributed by atoms with van der Waals surface area (Å²) in [7, 11) is 0. The van der Waals surface area contributed by atoms with Crippen molar-refractivity contribution in [2.45, 2.75) is 50.2 Å². The number of aliphatic carboxylic acids is 1. The molecule has 0 radical (unpaired) electrons. The van der Waals surface area contributed by atoms with Crippen LogP contribution in [0, 0.1) is 0 Å². The molecule has 2 heterocycles. The van der Waals surface area contributed by atoms with Gasteiger partial charge in [-0.05, 0) is 13.3 Å². The zero-order valence-electron chi connectivity index (χ0n) is 12.5. The lowest BCUT2D eigenvalue weighted by Gasteiger charge is -2.32. The van der Waals surface area contributed by atoms with E-state index >= 15 is 0 Å². The van der Waals surface area contributed by atoms with Crippen molar-refractivity contribution < 1.29 is 14.6 Å². The second-order valence-corrected chi connectivity index (χ2v) is 7.44. The standard InChI is InChI=1S/C14H22N2O3S/c1-13(2,3)10-7-15-12(20-8-11(17)18)16(10)14(4)5-6-19-9-14/h7H,5-6,8-9H2,1-4H3,(H,17,18). The number of carboxylic acids is 1. The van der Waals surface area contributed by atoms with Crippen molar-refractivity contribution >= 4 is 17.7 Å². The lowest BCUT2D eigenvalue weighted by atomic mass is 9.90. The highest BCUT2D eigenvalue weighted by Crippen LogP contribution is 2.37. The number of imidazole rings is 1. The fraction of sp³-hybridized carbons (Fsp3) is 0.714. The van der Waals surface area contributed by atoms with Gasteiger partial charge in [0.05, 0.1) is 17.9 Å². The van der Waals surface area contributed by atoms with Crippen LogP contribution in [0.3, 0.4) is 0 Å². The highest BCUT2D eigenvalue weighted by Gasteiger charge is 2.37. The van der Waals surface area contributed by atoms with Crippen LogP contribution in [-0.2, 0) is 20.5 Å². The summed E-state index contributed by atoms with van der Waals surface area (Å²) in [5.74, 6) is -0.799. The van der Waals surface area contributed by atoms with E-state index in [1.807, 2.05) is 6.20 Å². The van der Waals surface area contributed by atoms with E-state index in [9.17, 15) is 4.79 Å². The van der Waals surface area contributed by atoms with Crippen molar-refractivity contribution in [1.82, 2.24) is 9.55 Å². The number of carboxylic acid groups (broad SMARTS) is 1. The van der Waals surface area contributed by atoms with Crippen molar-refractivity contribution in [1.29, 1.82) is 0 Å². The van der Waals surface area contributed by atoms with E-state index in [2.05, 4.69) is 37.2 Å². The maximum Gasteiger partial charge on any atom is 0.313 e. The number of rotatable bonds is 4. The van der Waals surface area contributed by atoms with Crippen LogP contribution in [0.1, 0.15) is 39.8 Å². The van der Waals surface area contributed by atoms with Gasteiger partial charge >= 0.3 is 5.97 Å². The highest BCUT2D eigenvalue weighted by atomic mass is 32.2. The lowest BCUT2D eigenvalue weighted by Crippen LogP contribution is -2.35. The normalized spacial score (nSPS) is 23.2. The summed E-state index contributed by atoms with van der Waals surface area (Å²) in [4.78, 5) is 15.3. The average Bonchev–Trinajstić information content (AvgIpc) is 2.92. The highest BCUT2D eigenvalue weighted by molar-refractivity contribution is 7.99. The summed E-state index contributed by atoms with van der Waals surface area (Å²) in [6, 6.07) is 0. The summed E-state index contributed by atoms with van der Waals surface area (Å²) in [6.07, 6.45) is 2.79. The van der Waals surface area contributed by atoms with E-state index in [1.54, 1.807) is 0 Å². The van der Waals surface area contributed by atoms with Crippen molar-refractivity contribution in [3.8, 4) is 0 Å². The summed E-state index contributed by atoms with van der Waals surface area (Å²) in [6.45, 7) is 9.97. The van der Waals surface area contributed by atoms with E-state index in [-0.39, 0.29) is 16.7 Å². The van der Waals surface area contributed by atoms with E-state index in [1.165, 1.54) is 11.8 Å². The molecule has 1 N–H and O–H groups in total. The molecule has 0 aromatic carbocycles. The third kappa shape index (κ3) is 3.01. The minimum Gasteiger partial charge on any atom is -0.481 e. The molecule has 112 valence electrons. The molecule has 1 aliphatic rings. The molecule has 0 spiro atoms. The van der Waals surface area contributed by atoms with Crippen LogP contribution in [-0.4, -0.2) is 39.6 Å². The van der Waals surface area contributed by atoms with Gasteiger partial charge in [0.25, 0.3) is 0 Å². The minimum atomic E-state index is -0.824. The minimum absolute atomic E-state index is 0.0253. The molecule has 1 fully saturated rings. The fourth-order valence-corrected chi connectivity index (χ4v) is 3.27. The number of aromatic nitrogens is 2. The molecule has 2 rings (SSSR count). The van der Waals surface area contributed by atoms with Gasteiger partial charge in [-0.2, -0.15) is 0 Å². The second-order valence-electron chi connectivity index (χ2n) is 6.49. The molecule has 0 amide bonds. The molecule has 1 aliphatic heterocycles. The topological polar surface area (TPSA) is 64.3 Å². The number of hydrogen-bond donors (Lipinski definition) is 1. The van der Waals surface area contributed by atoms with Gasteiger partial charge in [0, 0.05) is 23.9 Å². The Morgan fingerprint density at radius 2 is 2.30 bits per heavy atom. The molecule has 0 saturated carbocycles. The second kappa shape index (κ2) is 5.41. The number of nitrogens with zero attached hydrogens (tertiary/aromatic N) is 2. The van der Waals surface area contributed by atoms with Gasteiger partial charge in [0.2, 0.25) is 0 Å². The van der Waals surface area contributed by atoms with Crippen LogP contribution in [0.25, 0.3) is 0 Å². The molecule has 1 atom stereocenters. The van der Waals surface area contributed by atoms with Crippen LogP contribution in [0.5, 0.6) is 0 Å². The average molecular weight is 298 g/mol. The molecule has 1 saturated heterocycles. The van der Waals surface area contributed by atoms with Crippen molar-refractivity contribution in [3.05, 3.63) is 11.9 Å².